The summed E-state index contributed by atoms with van der Waals surface area (Å²) >= 11 is 6.48. The molecule has 2 N–H and O–H groups in total. The number of carbonyl (C=O) groups excluding carboxylic acids is 2. The number of amides is 1. The molecular formula is C21H25ClN2O3. The molecule has 0 bridgehead atoms. The monoisotopic (exact) mass is 388 g/mol. The Morgan fingerprint density at radius 1 is 1.30 bits per heavy atom. The van der Waals surface area contributed by atoms with E-state index in [-0.39, 0.29) is 12.0 Å². The number of aldehydes is 1. The number of nitrogens with one attached hydrogen (secondary N) is 2. The van der Waals surface area contributed by atoms with Gasteiger partial charge in [0.1, 0.15) is 12.4 Å². The maximum Gasteiger partial charge on any atom is 0.255 e. The van der Waals surface area contributed by atoms with E-state index in [1.54, 1.807) is 12.1 Å². The van der Waals surface area contributed by atoms with Crippen LogP contribution in [-0.4, -0.2) is 38.9 Å². The number of rotatable bonds is 3. The molecule has 1 aliphatic heterocycles. The average molecular weight is 389 g/mol. The Kier molecular flexibility index (Phi) is 7.39. The predicted molar refractivity (Wildman–Crippen MR) is 108 cm³/mol. The van der Waals surface area contributed by atoms with Crippen LogP contribution in [0.2, 0.25) is 5.02 Å². The second-order valence-electron chi connectivity index (χ2n) is 6.53. The van der Waals surface area contributed by atoms with Crippen LogP contribution in [0.3, 0.4) is 0 Å². The molecule has 1 amide bonds. The summed E-state index contributed by atoms with van der Waals surface area (Å²) in [6, 6.07) is 9.21. The zero-order valence-corrected chi connectivity index (χ0v) is 16.8. The number of carbonyl (C=O) groups is 2. The molecule has 5 nitrogen and oxygen atoms in total. The van der Waals surface area contributed by atoms with Crippen molar-refractivity contribution in [1.82, 2.24) is 10.6 Å². The normalized spacial score (nSPS) is 15.4. The van der Waals surface area contributed by atoms with Crippen LogP contribution in [0.5, 0.6) is 5.75 Å². The SMILES string of the molecule is CNC.Cc1c(Cc2ccc(C=O)cc2)cc2c(c1Cl)OC(C)CNC2=O. The summed E-state index contributed by atoms with van der Waals surface area (Å²) in [6.45, 7) is 4.27. The predicted octanol–water partition coefficient (Wildman–Crippen LogP) is 3.40. The minimum Gasteiger partial charge on any atom is -0.486 e. The fourth-order valence-corrected chi connectivity index (χ4v) is 3.02. The standard InChI is InChI=1S/C19H18ClNO3.C2H7N/c1-11-9-21-19(23)16-8-15(12(2)17(20)18(16)24-11)7-13-3-5-14(10-22)6-4-13;1-3-2/h3-6,8,10-11H,7,9H2,1-2H3,(H,21,23);3H,1-2H3. The van der Waals surface area contributed by atoms with Gasteiger partial charge < -0.3 is 15.4 Å². The Balaban J connectivity index is 0.000000817. The van der Waals surface area contributed by atoms with Crippen molar-refractivity contribution in [2.75, 3.05) is 20.6 Å². The Morgan fingerprint density at radius 2 is 1.93 bits per heavy atom. The van der Waals surface area contributed by atoms with Crippen molar-refractivity contribution in [2.24, 2.45) is 0 Å². The van der Waals surface area contributed by atoms with E-state index in [1.165, 1.54) is 0 Å². The summed E-state index contributed by atoms with van der Waals surface area (Å²) in [6.07, 6.45) is 1.31. The summed E-state index contributed by atoms with van der Waals surface area (Å²) in [5.74, 6) is 0.283. The highest BCUT2D eigenvalue weighted by molar-refractivity contribution is 6.33. The summed E-state index contributed by atoms with van der Waals surface area (Å²) in [5.41, 5.74) is 4.01. The van der Waals surface area contributed by atoms with E-state index in [9.17, 15) is 9.59 Å². The Morgan fingerprint density at radius 3 is 2.52 bits per heavy atom. The van der Waals surface area contributed by atoms with Crippen LogP contribution in [-0.2, 0) is 6.42 Å². The van der Waals surface area contributed by atoms with Crippen LogP contribution in [0.15, 0.2) is 30.3 Å². The van der Waals surface area contributed by atoms with Gasteiger partial charge in [-0.25, -0.2) is 0 Å². The maximum absolute atomic E-state index is 12.3. The van der Waals surface area contributed by atoms with Crippen LogP contribution in [0.1, 0.15) is 44.3 Å². The van der Waals surface area contributed by atoms with Crippen molar-refractivity contribution < 1.29 is 14.3 Å². The summed E-state index contributed by atoms with van der Waals surface area (Å²) in [4.78, 5) is 23.1. The highest BCUT2D eigenvalue weighted by Crippen LogP contribution is 2.36. The lowest BCUT2D eigenvalue weighted by Crippen LogP contribution is -2.29. The molecule has 2 aromatic rings. The molecule has 0 saturated carbocycles. The van der Waals surface area contributed by atoms with Crippen molar-refractivity contribution in [3.05, 3.63) is 63.2 Å². The number of hydrogen-bond donors (Lipinski definition) is 2. The van der Waals surface area contributed by atoms with E-state index in [1.807, 2.05) is 46.1 Å². The van der Waals surface area contributed by atoms with Crippen molar-refractivity contribution in [1.29, 1.82) is 0 Å². The van der Waals surface area contributed by atoms with Crippen molar-refractivity contribution >= 4 is 23.8 Å². The molecule has 3 rings (SSSR count). The lowest BCUT2D eigenvalue weighted by Gasteiger charge is -2.17. The second kappa shape index (κ2) is 9.53. The first-order chi connectivity index (χ1) is 12.9. The van der Waals surface area contributed by atoms with Gasteiger partial charge in [0.15, 0.2) is 5.75 Å². The number of halogens is 1. The smallest absolute Gasteiger partial charge is 0.255 e. The molecule has 1 unspecified atom stereocenters. The van der Waals surface area contributed by atoms with Gasteiger partial charge in [-0.2, -0.15) is 0 Å². The van der Waals surface area contributed by atoms with Crippen LogP contribution >= 0.6 is 11.6 Å². The van der Waals surface area contributed by atoms with E-state index < -0.39 is 0 Å². The second-order valence-corrected chi connectivity index (χ2v) is 6.90. The molecule has 144 valence electrons. The minimum absolute atomic E-state index is 0.131. The van der Waals surface area contributed by atoms with Gasteiger partial charge in [-0.1, -0.05) is 35.9 Å². The average Bonchev–Trinajstić information content (AvgIpc) is 2.80. The third-order valence-electron chi connectivity index (χ3n) is 4.20. The minimum atomic E-state index is -0.172. The number of hydrogen-bond acceptors (Lipinski definition) is 4. The first-order valence-corrected chi connectivity index (χ1v) is 9.18. The highest BCUT2D eigenvalue weighted by atomic mass is 35.5. The third kappa shape index (κ3) is 5.08. The molecule has 1 heterocycles. The van der Waals surface area contributed by atoms with Gasteiger partial charge in [0.05, 0.1) is 17.1 Å². The van der Waals surface area contributed by atoms with E-state index in [0.29, 0.717) is 34.9 Å². The van der Waals surface area contributed by atoms with Crippen LogP contribution in [0.4, 0.5) is 0 Å². The largest absolute Gasteiger partial charge is 0.486 e. The molecular weight excluding hydrogens is 364 g/mol. The molecule has 0 radical (unpaired) electrons. The quantitative estimate of drug-likeness (QED) is 0.791. The van der Waals surface area contributed by atoms with Crippen LogP contribution in [0.25, 0.3) is 0 Å². The summed E-state index contributed by atoms with van der Waals surface area (Å²) < 4.78 is 5.82. The number of fused-ring (bicyclic) bond motifs is 1. The molecule has 2 aromatic carbocycles. The molecule has 1 atom stereocenters. The molecule has 1 aliphatic rings. The zero-order valence-electron chi connectivity index (χ0n) is 16.1. The Bertz CT molecular complexity index is 819. The molecule has 0 saturated heterocycles. The van der Waals surface area contributed by atoms with E-state index in [2.05, 4.69) is 10.6 Å². The highest BCUT2D eigenvalue weighted by Gasteiger charge is 2.25. The molecule has 27 heavy (non-hydrogen) atoms. The van der Waals surface area contributed by atoms with Gasteiger partial charge in [-0.15, -0.1) is 0 Å². The number of ether oxygens (including phenoxy) is 1. The zero-order chi connectivity index (χ0) is 20.0. The first kappa shape index (κ1) is 20.9. The van der Waals surface area contributed by atoms with Gasteiger partial charge in [0.2, 0.25) is 0 Å². The maximum atomic E-state index is 12.3. The Hall–Kier alpha value is -2.37. The summed E-state index contributed by atoms with van der Waals surface area (Å²) in [7, 11) is 3.75. The Labute approximate surface area is 165 Å². The third-order valence-corrected chi connectivity index (χ3v) is 4.65. The fraction of sp³-hybridized carbons (Fsp3) is 0.333. The topological polar surface area (TPSA) is 67.4 Å². The number of benzene rings is 2. The van der Waals surface area contributed by atoms with E-state index >= 15 is 0 Å². The first-order valence-electron chi connectivity index (χ1n) is 8.80. The lowest BCUT2D eigenvalue weighted by molar-refractivity contribution is 0.0952. The van der Waals surface area contributed by atoms with E-state index in [0.717, 1.165) is 23.0 Å². The molecule has 0 aromatic heterocycles. The van der Waals surface area contributed by atoms with Gasteiger partial charge in [-0.05, 0) is 57.1 Å². The lowest BCUT2D eigenvalue weighted by atomic mass is 9.96. The van der Waals surface area contributed by atoms with E-state index in [4.69, 9.17) is 16.3 Å². The van der Waals surface area contributed by atoms with Crippen molar-refractivity contribution in [2.45, 2.75) is 26.4 Å². The van der Waals surface area contributed by atoms with Crippen molar-refractivity contribution in [3.8, 4) is 5.75 Å². The molecule has 6 heteroatoms. The molecule has 0 aliphatic carbocycles. The van der Waals surface area contributed by atoms with Gasteiger partial charge in [0.25, 0.3) is 5.91 Å². The fourth-order valence-electron chi connectivity index (χ4n) is 2.75. The van der Waals surface area contributed by atoms with Crippen LogP contribution in [0, 0.1) is 6.92 Å². The van der Waals surface area contributed by atoms with Gasteiger partial charge >= 0.3 is 0 Å². The molecule has 0 spiro atoms. The van der Waals surface area contributed by atoms with Crippen LogP contribution < -0.4 is 15.4 Å². The van der Waals surface area contributed by atoms with Gasteiger partial charge in [0, 0.05) is 5.56 Å². The molecule has 0 fully saturated rings. The van der Waals surface area contributed by atoms with Gasteiger partial charge in [-0.3, -0.25) is 9.59 Å². The summed E-state index contributed by atoms with van der Waals surface area (Å²) in [5, 5.41) is 6.07. The van der Waals surface area contributed by atoms with Crippen molar-refractivity contribution in [3.63, 3.8) is 0 Å².